The minimum absolute atomic E-state index is 0.111. The summed E-state index contributed by atoms with van der Waals surface area (Å²) in [4.78, 5) is 2.44. The Kier molecular flexibility index (Phi) is 6.01. The SMILES string of the molecule is CC1(C)c2ccccc2-c2ccc(N(c3cccc(-c4cccc5c4C(C)(C)c4ccccc4-5)c3)c3cccc4oc5ccccc5c34)cc21. The van der Waals surface area contributed by atoms with E-state index in [1.807, 2.05) is 6.07 Å². The number of hydrogen-bond acceptors (Lipinski definition) is 2. The molecule has 0 saturated carbocycles. The monoisotopic (exact) mass is 643 g/mol. The quantitative estimate of drug-likeness (QED) is 0.190. The highest BCUT2D eigenvalue weighted by Gasteiger charge is 2.38. The van der Waals surface area contributed by atoms with E-state index in [-0.39, 0.29) is 10.8 Å². The van der Waals surface area contributed by atoms with Gasteiger partial charge in [-0.2, -0.15) is 0 Å². The van der Waals surface area contributed by atoms with Gasteiger partial charge in [0, 0.05) is 27.6 Å². The molecule has 0 fully saturated rings. The predicted octanol–water partition coefficient (Wildman–Crippen LogP) is 13.3. The molecular formula is C48H37NO. The highest BCUT2D eigenvalue weighted by Crippen LogP contribution is 2.54. The van der Waals surface area contributed by atoms with Gasteiger partial charge in [0.2, 0.25) is 0 Å². The van der Waals surface area contributed by atoms with E-state index >= 15 is 0 Å². The summed E-state index contributed by atoms with van der Waals surface area (Å²) in [6, 6.07) is 55.6. The third-order valence-electron chi connectivity index (χ3n) is 11.4. The molecule has 1 heterocycles. The van der Waals surface area contributed by atoms with Gasteiger partial charge in [0.05, 0.1) is 11.1 Å². The van der Waals surface area contributed by atoms with Crippen LogP contribution in [-0.4, -0.2) is 0 Å². The Hall–Kier alpha value is -5.86. The first-order chi connectivity index (χ1) is 24.3. The Balaban J connectivity index is 1.21. The molecule has 0 amide bonds. The molecule has 240 valence electrons. The van der Waals surface area contributed by atoms with Gasteiger partial charge in [-0.05, 0) is 98.1 Å². The number of furan rings is 1. The second kappa shape index (κ2) is 10.3. The summed E-state index contributed by atoms with van der Waals surface area (Å²) in [5.74, 6) is 0. The molecule has 8 aromatic rings. The van der Waals surface area contributed by atoms with Gasteiger partial charge >= 0.3 is 0 Å². The fraction of sp³-hybridized carbons (Fsp3) is 0.125. The van der Waals surface area contributed by atoms with Crippen LogP contribution in [0.25, 0.3) is 55.3 Å². The summed E-state index contributed by atoms with van der Waals surface area (Å²) >= 11 is 0. The van der Waals surface area contributed by atoms with E-state index in [2.05, 4.69) is 178 Å². The van der Waals surface area contributed by atoms with Crippen molar-refractivity contribution in [2.75, 3.05) is 4.90 Å². The van der Waals surface area contributed by atoms with Crippen molar-refractivity contribution in [3.63, 3.8) is 0 Å². The number of benzene rings is 7. The fourth-order valence-electron chi connectivity index (χ4n) is 9.10. The van der Waals surface area contributed by atoms with Crippen LogP contribution in [0.4, 0.5) is 17.1 Å². The molecular weight excluding hydrogens is 607 g/mol. The van der Waals surface area contributed by atoms with Gasteiger partial charge in [0.1, 0.15) is 11.2 Å². The number of hydrogen-bond donors (Lipinski definition) is 0. The van der Waals surface area contributed by atoms with Gasteiger partial charge in [-0.25, -0.2) is 0 Å². The van der Waals surface area contributed by atoms with Gasteiger partial charge in [-0.1, -0.05) is 137 Å². The molecule has 0 aliphatic heterocycles. The Labute approximate surface area is 293 Å². The van der Waals surface area contributed by atoms with Gasteiger partial charge in [-0.3, -0.25) is 0 Å². The largest absolute Gasteiger partial charge is 0.456 e. The first-order valence-electron chi connectivity index (χ1n) is 17.6. The van der Waals surface area contributed by atoms with Crippen molar-refractivity contribution in [2.45, 2.75) is 38.5 Å². The lowest BCUT2D eigenvalue weighted by atomic mass is 9.79. The highest BCUT2D eigenvalue weighted by molar-refractivity contribution is 6.13. The van der Waals surface area contributed by atoms with Crippen molar-refractivity contribution in [1.82, 2.24) is 0 Å². The number of anilines is 3. The average molecular weight is 644 g/mol. The Morgan fingerprint density at radius 3 is 1.88 bits per heavy atom. The zero-order chi connectivity index (χ0) is 33.8. The lowest BCUT2D eigenvalue weighted by Gasteiger charge is -2.29. The zero-order valence-corrected chi connectivity index (χ0v) is 28.8. The van der Waals surface area contributed by atoms with Crippen molar-refractivity contribution >= 4 is 39.0 Å². The summed E-state index contributed by atoms with van der Waals surface area (Å²) in [5.41, 5.74) is 18.2. The molecule has 0 atom stereocenters. The molecule has 1 aromatic heterocycles. The first kappa shape index (κ1) is 29.1. The van der Waals surface area contributed by atoms with E-state index in [4.69, 9.17) is 4.42 Å². The van der Waals surface area contributed by atoms with Crippen LogP contribution in [-0.2, 0) is 10.8 Å². The summed E-state index contributed by atoms with van der Waals surface area (Å²) in [6.07, 6.45) is 0. The van der Waals surface area contributed by atoms with E-state index in [1.165, 1.54) is 55.6 Å². The van der Waals surface area contributed by atoms with E-state index in [0.29, 0.717) is 0 Å². The molecule has 0 radical (unpaired) electrons. The van der Waals surface area contributed by atoms with Crippen LogP contribution < -0.4 is 4.90 Å². The van der Waals surface area contributed by atoms with Crippen LogP contribution in [0.5, 0.6) is 0 Å². The number of rotatable bonds is 4. The molecule has 2 nitrogen and oxygen atoms in total. The van der Waals surface area contributed by atoms with Crippen LogP contribution in [0.15, 0.2) is 156 Å². The van der Waals surface area contributed by atoms with Gasteiger partial charge in [0.15, 0.2) is 0 Å². The van der Waals surface area contributed by atoms with Gasteiger partial charge < -0.3 is 9.32 Å². The van der Waals surface area contributed by atoms with Gasteiger partial charge in [-0.15, -0.1) is 0 Å². The minimum Gasteiger partial charge on any atom is -0.456 e. The molecule has 0 unspecified atom stereocenters. The highest BCUT2D eigenvalue weighted by atomic mass is 16.3. The van der Waals surface area contributed by atoms with E-state index < -0.39 is 0 Å². The van der Waals surface area contributed by atoms with Crippen molar-refractivity contribution in [3.05, 3.63) is 174 Å². The average Bonchev–Trinajstić information content (AvgIpc) is 3.72. The molecule has 50 heavy (non-hydrogen) atoms. The van der Waals surface area contributed by atoms with Crippen LogP contribution in [0, 0.1) is 0 Å². The van der Waals surface area contributed by atoms with Crippen molar-refractivity contribution in [1.29, 1.82) is 0 Å². The molecule has 2 aliphatic rings. The Bertz CT molecular complexity index is 2670. The molecule has 0 bridgehead atoms. The van der Waals surface area contributed by atoms with Crippen LogP contribution in [0.2, 0.25) is 0 Å². The molecule has 0 spiro atoms. The normalized spacial score (nSPS) is 14.7. The summed E-state index contributed by atoms with van der Waals surface area (Å²) in [5, 5.41) is 2.24. The fourth-order valence-corrected chi connectivity index (χ4v) is 9.10. The van der Waals surface area contributed by atoms with Crippen LogP contribution >= 0.6 is 0 Å². The number of fused-ring (bicyclic) bond motifs is 9. The number of nitrogens with zero attached hydrogens (tertiary/aromatic N) is 1. The molecule has 0 saturated heterocycles. The molecule has 2 heteroatoms. The zero-order valence-electron chi connectivity index (χ0n) is 28.8. The topological polar surface area (TPSA) is 16.4 Å². The first-order valence-corrected chi connectivity index (χ1v) is 17.6. The predicted molar refractivity (Wildman–Crippen MR) is 209 cm³/mol. The summed E-state index contributed by atoms with van der Waals surface area (Å²) in [6.45, 7) is 9.44. The second-order valence-corrected chi connectivity index (χ2v) is 14.9. The van der Waals surface area contributed by atoms with E-state index in [0.717, 1.165) is 39.0 Å². The maximum atomic E-state index is 6.43. The van der Waals surface area contributed by atoms with Crippen molar-refractivity contribution < 1.29 is 4.42 Å². The molecule has 0 N–H and O–H groups in total. The van der Waals surface area contributed by atoms with Crippen molar-refractivity contribution in [3.8, 4) is 33.4 Å². The summed E-state index contributed by atoms with van der Waals surface area (Å²) in [7, 11) is 0. The van der Waals surface area contributed by atoms with E-state index in [1.54, 1.807) is 0 Å². The number of para-hydroxylation sites is 1. The van der Waals surface area contributed by atoms with Gasteiger partial charge in [0.25, 0.3) is 0 Å². The van der Waals surface area contributed by atoms with Crippen molar-refractivity contribution in [2.24, 2.45) is 0 Å². The standard InChI is InChI=1S/C48H37NO/c1-47(2)39-21-8-5-16-34(39)36-27-26-32(29-41(36)47)49(42-23-13-25-44-45(42)38-18-7-10-24-43(38)50-44)31-15-11-14-30(28-31)33-19-12-20-37-35-17-6-9-22-40(35)48(3,4)46(33)37/h5-29H,1-4H3. The maximum Gasteiger partial charge on any atom is 0.137 e. The lowest BCUT2D eigenvalue weighted by molar-refractivity contribution is 0.660. The van der Waals surface area contributed by atoms with Crippen LogP contribution in [0.1, 0.15) is 49.9 Å². The Morgan fingerprint density at radius 1 is 0.440 bits per heavy atom. The molecule has 7 aromatic carbocycles. The second-order valence-electron chi connectivity index (χ2n) is 14.9. The summed E-state index contributed by atoms with van der Waals surface area (Å²) < 4.78 is 6.43. The Morgan fingerprint density at radius 2 is 1.04 bits per heavy atom. The van der Waals surface area contributed by atoms with E-state index in [9.17, 15) is 0 Å². The lowest BCUT2D eigenvalue weighted by Crippen LogP contribution is -2.17. The minimum atomic E-state index is -0.116. The molecule has 10 rings (SSSR count). The maximum absolute atomic E-state index is 6.43. The smallest absolute Gasteiger partial charge is 0.137 e. The van der Waals surface area contributed by atoms with Crippen LogP contribution in [0.3, 0.4) is 0 Å². The third-order valence-corrected chi connectivity index (χ3v) is 11.4. The molecule has 2 aliphatic carbocycles. The third kappa shape index (κ3) is 3.96.